The fourth-order valence-electron chi connectivity index (χ4n) is 2.89. The van der Waals surface area contributed by atoms with Crippen LogP contribution in [0.3, 0.4) is 0 Å². The third-order valence-corrected chi connectivity index (χ3v) is 4.36. The number of rotatable bonds is 4. The van der Waals surface area contributed by atoms with E-state index in [-0.39, 0.29) is 6.04 Å². The molecule has 1 rings (SSSR count). The van der Waals surface area contributed by atoms with Gasteiger partial charge in [-0.1, -0.05) is 40.3 Å². The summed E-state index contributed by atoms with van der Waals surface area (Å²) in [4.78, 5) is 4.69. The number of aliphatic imine (C=N–C) groups is 1. The maximum atomic E-state index is 9.77. The molecule has 0 aromatic carbocycles. The minimum atomic E-state index is 0.277. The Labute approximate surface area is 136 Å². The minimum Gasteiger partial charge on any atom is -0.325 e. The number of hydrogen-bond acceptors (Lipinski definition) is 2. The zero-order chi connectivity index (χ0) is 16.8. The molecule has 126 valence electrons. The normalized spacial score (nSPS) is 23.6. The van der Waals surface area contributed by atoms with Crippen molar-refractivity contribution in [1.29, 1.82) is 0 Å². The summed E-state index contributed by atoms with van der Waals surface area (Å²) in [6, 6.07) is 0.277. The van der Waals surface area contributed by atoms with E-state index in [0.717, 1.165) is 35.9 Å². The van der Waals surface area contributed by atoms with Crippen LogP contribution in [0.25, 0.3) is 0 Å². The van der Waals surface area contributed by atoms with Crippen molar-refractivity contribution >= 4 is 5.96 Å². The lowest BCUT2D eigenvalue weighted by Gasteiger charge is -2.36. The van der Waals surface area contributed by atoms with Crippen molar-refractivity contribution in [2.24, 2.45) is 16.3 Å². The van der Waals surface area contributed by atoms with Crippen LogP contribution in [-0.4, -0.2) is 29.3 Å². The van der Waals surface area contributed by atoms with Gasteiger partial charge in [0.05, 0.1) is 6.04 Å². The number of nitrogens with zero attached hydrogens (tertiary/aromatic N) is 2. The van der Waals surface area contributed by atoms with Gasteiger partial charge in [0, 0.05) is 12.7 Å². The van der Waals surface area contributed by atoms with Crippen LogP contribution < -0.4 is 5.32 Å². The molecule has 0 heterocycles. The van der Waals surface area contributed by atoms with Gasteiger partial charge in [-0.15, -0.1) is 0 Å². The first kappa shape index (κ1) is 18.8. The molecule has 2 N–H and O–H groups in total. The van der Waals surface area contributed by atoms with Crippen molar-refractivity contribution in [3.05, 3.63) is 24.4 Å². The van der Waals surface area contributed by atoms with E-state index in [4.69, 9.17) is 0 Å². The molecule has 1 aliphatic carbocycles. The quantitative estimate of drug-likeness (QED) is 0.351. The van der Waals surface area contributed by atoms with E-state index in [1.165, 1.54) is 12.8 Å². The van der Waals surface area contributed by atoms with Crippen LogP contribution >= 0.6 is 0 Å². The van der Waals surface area contributed by atoms with Gasteiger partial charge in [-0.05, 0) is 49.5 Å². The van der Waals surface area contributed by atoms with Crippen molar-refractivity contribution in [2.75, 3.05) is 7.05 Å². The molecule has 0 atom stereocenters. The lowest BCUT2D eigenvalue weighted by molar-refractivity contribution is 0.00901. The van der Waals surface area contributed by atoms with Gasteiger partial charge in [0.1, 0.15) is 0 Å². The van der Waals surface area contributed by atoms with Gasteiger partial charge in [0.15, 0.2) is 0 Å². The maximum Gasteiger partial charge on any atom is 0.222 e. The molecule has 0 saturated heterocycles. The second-order valence-electron chi connectivity index (χ2n) is 7.31. The third-order valence-electron chi connectivity index (χ3n) is 4.36. The van der Waals surface area contributed by atoms with Gasteiger partial charge in [-0.25, -0.2) is 10.1 Å². The fourth-order valence-corrected chi connectivity index (χ4v) is 2.89. The van der Waals surface area contributed by atoms with E-state index >= 15 is 0 Å². The van der Waals surface area contributed by atoms with Crippen LogP contribution in [0.2, 0.25) is 0 Å². The zero-order valence-electron chi connectivity index (χ0n) is 14.9. The molecular weight excluding hydrogens is 274 g/mol. The molecule has 0 bridgehead atoms. The van der Waals surface area contributed by atoms with E-state index in [1.807, 2.05) is 12.2 Å². The highest BCUT2D eigenvalue weighted by molar-refractivity contribution is 5.80. The number of hydrogen-bond donors (Lipinski definition) is 2. The summed E-state index contributed by atoms with van der Waals surface area (Å²) in [7, 11) is 1.59. The summed E-state index contributed by atoms with van der Waals surface area (Å²) >= 11 is 0. The smallest absolute Gasteiger partial charge is 0.222 e. The topological polar surface area (TPSA) is 47.9 Å². The third kappa shape index (κ3) is 6.22. The highest BCUT2D eigenvalue weighted by Gasteiger charge is 2.29. The van der Waals surface area contributed by atoms with Gasteiger partial charge in [0.25, 0.3) is 0 Å². The summed E-state index contributed by atoms with van der Waals surface area (Å²) in [5.74, 6) is 1.25. The first-order valence-corrected chi connectivity index (χ1v) is 8.37. The Kier molecular flexibility index (Phi) is 7.14. The molecule has 0 aliphatic heterocycles. The first-order chi connectivity index (χ1) is 10.2. The largest absolute Gasteiger partial charge is 0.325 e. The molecule has 0 amide bonds. The maximum absolute atomic E-state index is 9.77. The highest BCUT2D eigenvalue weighted by Crippen LogP contribution is 2.38. The van der Waals surface area contributed by atoms with Gasteiger partial charge in [-0.2, -0.15) is 0 Å². The van der Waals surface area contributed by atoms with Crippen LogP contribution in [0.5, 0.6) is 0 Å². The average molecular weight is 307 g/mol. The van der Waals surface area contributed by atoms with Gasteiger partial charge < -0.3 is 5.32 Å². The van der Waals surface area contributed by atoms with Gasteiger partial charge >= 0.3 is 0 Å². The number of nitrogens with one attached hydrogen (secondary N) is 1. The molecule has 0 unspecified atom stereocenters. The van der Waals surface area contributed by atoms with Gasteiger partial charge in [0.2, 0.25) is 5.96 Å². The first-order valence-electron chi connectivity index (χ1n) is 8.37. The summed E-state index contributed by atoms with van der Waals surface area (Å²) in [5, 5.41) is 13.9. The second-order valence-corrected chi connectivity index (χ2v) is 7.31. The van der Waals surface area contributed by atoms with Crippen LogP contribution in [0.4, 0.5) is 0 Å². The molecule has 1 aliphatic rings. The van der Waals surface area contributed by atoms with E-state index in [1.54, 1.807) is 7.05 Å². The van der Waals surface area contributed by atoms with Crippen molar-refractivity contribution in [3.8, 4) is 0 Å². The summed E-state index contributed by atoms with van der Waals surface area (Å²) in [5.41, 5.74) is 1.12. The summed E-state index contributed by atoms with van der Waals surface area (Å²) in [6.45, 7) is 13.0. The Bertz CT molecular complexity index is 411. The predicted molar refractivity (Wildman–Crippen MR) is 93.9 cm³/mol. The van der Waals surface area contributed by atoms with Crippen molar-refractivity contribution < 1.29 is 5.21 Å². The molecule has 1 fully saturated rings. The van der Waals surface area contributed by atoms with E-state index < -0.39 is 0 Å². The lowest BCUT2D eigenvalue weighted by Crippen LogP contribution is -2.37. The van der Waals surface area contributed by atoms with Crippen LogP contribution in [-0.2, 0) is 0 Å². The number of allylic oxidation sites excluding steroid dienone is 2. The van der Waals surface area contributed by atoms with Gasteiger partial charge in [-0.3, -0.25) is 5.21 Å². The highest BCUT2D eigenvalue weighted by atomic mass is 16.5. The molecular formula is C18H33N3O. The predicted octanol–water partition coefficient (Wildman–Crippen LogP) is 4.34. The Hall–Kier alpha value is -1.29. The van der Waals surface area contributed by atoms with Crippen LogP contribution in [0.15, 0.2) is 29.4 Å². The molecule has 0 radical (unpaired) electrons. The van der Waals surface area contributed by atoms with Crippen molar-refractivity contribution in [1.82, 2.24) is 10.4 Å². The Balaban J connectivity index is 2.64. The van der Waals surface area contributed by atoms with E-state index in [0.29, 0.717) is 11.4 Å². The summed E-state index contributed by atoms with van der Waals surface area (Å²) < 4.78 is 0. The number of guanidine groups is 1. The molecule has 1 saturated carbocycles. The Morgan fingerprint density at radius 1 is 1.32 bits per heavy atom. The molecule has 0 spiro atoms. The molecule has 4 heteroatoms. The SMILES string of the molecule is C=C(/C=C\CC)NC(=NC1CCC(C(C)(C)C)CC1)N(C)O. The number of hydroxylamine groups is 2. The van der Waals surface area contributed by atoms with E-state index in [2.05, 4.69) is 44.6 Å². The fraction of sp³-hybridized carbons (Fsp3) is 0.722. The summed E-state index contributed by atoms with van der Waals surface area (Å²) in [6.07, 6.45) is 9.47. The Morgan fingerprint density at radius 3 is 2.36 bits per heavy atom. The van der Waals surface area contributed by atoms with Crippen LogP contribution in [0, 0.1) is 11.3 Å². The average Bonchev–Trinajstić information content (AvgIpc) is 2.44. The second kappa shape index (κ2) is 8.37. The van der Waals surface area contributed by atoms with Crippen molar-refractivity contribution in [3.63, 3.8) is 0 Å². The standard InChI is InChI=1S/C18H33N3O/c1-7-8-9-14(2)19-17(21(6)22)20-16-12-10-15(11-13-16)18(3,4)5/h8-9,15-16,22H,2,7,10-13H2,1,3-6H3,(H,19,20)/b9-8-. The molecule has 22 heavy (non-hydrogen) atoms. The monoisotopic (exact) mass is 307 g/mol. The molecule has 0 aromatic heterocycles. The lowest BCUT2D eigenvalue weighted by atomic mass is 9.71. The minimum absolute atomic E-state index is 0.277. The van der Waals surface area contributed by atoms with Crippen molar-refractivity contribution in [2.45, 2.75) is 65.8 Å². The molecule has 4 nitrogen and oxygen atoms in total. The van der Waals surface area contributed by atoms with Crippen LogP contribution in [0.1, 0.15) is 59.8 Å². The molecule has 0 aromatic rings. The zero-order valence-corrected chi connectivity index (χ0v) is 14.9. The van der Waals surface area contributed by atoms with E-state index in [9.17, 15) is 5.21 Å². The Morgan fingerprint density at radius 2 is 1.91 bits per heavy atom.